The van der Waals surface area contributed by atoms with Crippen molar-refractivity contribution in [1.29, 1.82) is 0 Å². The van der Waals surface area contributed by atoms with Gasteiger partial charge in [0, 0.05) is 5.56 Å². The number of hydrogen-bond donors (Lipinski definition) is 2. The molecular weight excluding hydrogens is 294 g/mol. The number of carbonyl (C=O) groups is 1. The Kier molecular flexibility index (Phi) is 4.10. The zero-order chi connectivity index (χ0) is 16.2. The number of ether oxygens (including phenoxy) is 1. The van der Waals surface area contributed by atoms with Gasteiger partial charge in [-0.25, -0.2) is 9.79 Å². The maximum absolute atomic E-state index is 10.8. The van der Waals surface area contributed by atoms with Crippen LogP contribution >= 0.6 is 0 Å². The second kappa shape index (κ2) is 6.36. The van der Waals surface area contributed by atoms with Crippen LogP contribution in [0.25, 0.3) is 22.3 Å². The normalized spacial score (nSPS) is 11.6. The van der Waals surface area contributed by atoms with E-state index in [1.807, 2.05) is 54.6 Å². The Morgan fingerprint density at radius 1 is 1.17 bits per heavy atom. The van der Waals surface area contributed by atoms with Crippen molar-refractivity contribution in [3.8, 4) is 17.1 Å². The number of benzene rings is 2. The molecule has 116 valence electrons. The second-order valence-electron chi connectivity index (χ2n) is 5.00. The molecule has 0 atom stereocenters. The SMILES string of the molecule is COc1ccc(-c2cc(=[NH+]CC(=O)O)c3ccccc3o2)cc1. The van der Waals surface area contributed by atoms with Gasteiger partial charge in [0.2, 0.25) is 11.9 Å². The number of nitrogens with one attached hydrogen (secondary N) is 1. The van der Waals surface area contributed by atoms with Crippen LogP contribution in [0.3, 0.4) is 0 Å². The van der Waals surface area contributed by atoms with Crippen molar-refractivity contribution in [2.75, 3.05) is 13.7 Å². The van der Waals surface area contributed by atoms with Gasteiger partial charge in [0.1, 0.15) is 17.1 Å². The average Bonchev–Trinajstić information content (AvgIpc) is 2.59. The van der Waals surface area contributed by atoms with Crippen LogP contribution in [-0.4, -0.2) is 24.7 Å². The molecule has 0 aliphatic carbocycles. The minimum absolute atomic E-state index is 0.157. The van der Waals surface area contributed by atoms with Crippen LogP contribution in [0.5, 0.6) is 5.75 Å². The summed E-state index contributed by atoms with van der Waals surface area (Å²) in [6.07, 6.45) is 0. The monoisotopic (exact) mass is 310 g/mol. The molecule has 1 aromatic heterocycles. The van der Waals surface area contributed by atoms with E-state index in [4.69, 9.17) is 14.3 Å². The van der Waals surface area contributed by atoms with Gasteiger partial charge in [0.15, 0.2) is 0 Å². The Bertz CT molecular complexity index is 910. The van der Waals surface area contributed by atoms with E-state index in [2.05, 4.69) is 4.99 Å². The lowest BCUT2D eigenvalue weighted by molar-refractivity contribution is -0.488. The summed E-state index contributed by atoms with van der Waals surface area (Å²) in [5.74, 6) is 0.499. The van der Waals surface area contributed by atoms with Gasteiger partial charge in [0.25, 0.3) is 0 Å². The zero-order valence-electron chi connectivity index (χ0n) is 12.6. The predicted octanol–water partition coefficient (Wildman–Crippen LogP) is 1.17. The van der Waals surface area contributed by atoms with Gasteiger partial charge in [-0.3, -0.25) is 0 Å². The quantitative estimate of drug-likeness (QED) is 0.759. The van der Waals surface area contributed by atoms with Gasteiger partial charge in [0.05, 0.1) is 18.6 Å². The number of rotatable bonds is 4. The maximum Gasteiger partial charge on any atom is 0.369 e. The molecule has 3 aromatic rings. The third-order valence-corrected chi connectivity index (χ3v) is 3.48. The van der Waals surface area contributed by atoms with Gasteiger partial charge >= 0.3 is 5.97 Å². The summed E-state index contributed by atoms with van der Waals surface area (Å²) in [6, 6.07) is 16.8. The second-order valence-corrected chi connectivity index (χ2v) is 5.00. The van der Waals surface area contributed by atoms with Crippen LogP contribution in [-0.2, 0) is 4.79 Å². The predicted molar refractivity (Wildman–Crippen MR) is 84.8 cm³/mol. The van der Waals surface area contributed by atoms with E-state index < -0.39 is 5.97 Å². The fourth-order valence-electron chi connectivity index (χ4n) is 2.35. The zero-order valence-corrected chi connectivity index (χ0v) is 12.6. The van der Waals surface area contributed by atoms with E-state index >= 15 is 0 Å². The molecule has 0 spiro atoms. The van der Waals surface area contributed by atoms with Crippen LogP contribution in [0.2, 0.25) is 0 Å². The molecule has 0 saturated carbocycles. The number of carboxylic acid groups (broad SMARTS) is 1. The molecule has 2 N–H and O–H groups in total. The number of aliphatic carboxylic acids is 1. The number of methoxy groups -OCH3 is 1. The molecular formula is C18H16NO4+. The molecule has 5 nitrogen and oxygen atoms in total. The topological polar surface area (TPSA) is 73.6 Å². The minimum atomic E-state index is -0.916. The van der Waals surface area contributed by atoms with Gasteiger partial charge in [-0.1, -0.05) is 12.1 Å². The lowest BCUT2D eigenvalue weighted by Crippen LogP contribution is -2.78. The van der Waals surface area contributed by atoms with E-state index in [0.29, 0.717) is 11.3 Å². The Morgan fingerprint density at radius 3 is 2.61 bits per heavy atom. The van der Waals surface area contributed by atoms with Crippen molar-refractivity contribution < 1.29 is 24.0 Å². The molecule has 0 aliphatic rings. The summed E-state index contributed by atoms with van der Waals surface area (Å²) >= 11 is 0. The molecule has 0 bridgehead atoms. The van der Waals surface area contributed by atoms with E-state index in [1.165, 1.54) is 0 Å². The van der Waals surface area contributed by atoms with E-state index in [0.717, 1.165) is 22.1 Å². The Hall–Kier alpha value is -3.08. The highest BCUT2D eigenvalue weighted by Gasteiger charge is 2.09. The van der Waals surface area contributed by atoms with Crippen molar-refractivity contribution in [2.24, 2.45) is 0 Å². The van der Waals surface area contributed by atoms with Gasteiger partial charge < -0.3 is 14.3 Å². The first-order chi connectivity index (χ1) is 11.2. The summed E-state index contributed by atoms with van der Waals surface area (Å²) in [7, 11) is 1.61. The average molecular weight is 310 g/mol. The number of para-hydroxylation sites is 1. The summed E-state index contributed by atoms with van der Waals surface area (Å²) in [4.78, 5) is 13.8. The highest BCUT2D eigenvalue weighted by Crippen LogP contribution is 2.23. The standard InChI is InChI=1S/C18H15NO4/c1-22-13-8-6-12(7-9-13)17-10-15(19-11-18(20)21)14-4-2-3-5-16(14)23-17/h2-10H,11H2,1H3,(H,20,21)/p+1. The maximum atomic E-state index is 10.8. The molecule has 23 heavy (non-hydrogen) atoms. The fourth-order valence-corrected chi connectivity index (χ4v) is 2.35. The van der Waals surface area contributed by atoms with Gasteiger partial charge in [-0.15, -0.1) is 0 Å². The third-order valence-electron chi connectivity index (χ3n) is 3.48. The number of fused-ring (bicyclic) bond motifs is 1. The molecule has 0 unspecified atom stereocenters. The molecule has 3 rings (SSSR count). The lowest BCUT2D eigenvalue weighted by atomic mass is 10.1. The lowest BCUT2D eigenvalue weighted by Gasteiger charge is -2.04. The Balaban J connectivity index is 2.17. The molecule has 0 radical (unpaired) electrons. The van der Waals surface area contributed by atoms with Crippen molar-refractivity contribution in [3.63, 3.8) is 0 Å². The van der Waals surface area contributed by atoms with Crippen molar-refractivity contribution in [1.82, 2.24) is 0 Å². The van der Waals surface area contributed by atoms with Crippen molar-refractivity contribution in [2.45, 2.75) is 0 Å². The largest absolute Gasteiger partial charge is 0.497 e. The number of hydrogen-bond acceptors (Lipinski definition) is 3. The molecule has 5 heteroatoms. The summed E-state index contributed by atoms with van der Waals surface area (Å²) < 4.78 is 11.1. The molecule has 1 heterocycles. The van der Waals surface area contributed by atoms with E-state index in [-0.39, 0.29) is 6.54 Å². The molecule has 0 saturated heterocycles. The first-order valence-electron chi connectivity index (χ1n) is 7.13. The molecule has 0 amide bonds. The first-order valence-corrected chi connectivity index (χ1v) is 7.13. The van der Waals surface area contributed by atoms with E-state index in [9.17, 15) is 4.79 Å². The van der Waals surface area contributed by atoms with Crippen LogP contribution in [0.4, 0.5) is 0 Å². The third kappa shape index (κ3) is 3.23. The van der Waals surface area contributed by atoms with E-state index in [1.54, 1.807) is 7.11 Å². The first kappa shape index (κ1) is 14.8. The highest BCUT2D eigenvalue weighted by molar-refractivity contribution is 5.78. The van der Waals surface area contributed by atoms with Crippen molar-refractivity contribution >= 4 is 16.9 Å². The smallest absolute Gasteiger partial charge is 0.369 e. The van der Waals surface area contributed by atoms with Gasteiger partial charge in [-0.05, 0) is 36.4 Å². The molecule has 2 aromatic carbocycles. The molecule has 0 fully saturated rings. The Labute approximate surface area is 132 Å². The van der Waals surface area contributed by atoms with Crippen LogP contribution in [0.1, 0.15) is 0 Å². The fraction of sp³-hybridized carbons (Fsp3) is 0.111. The van der Waals surface area contributed by atoms with Crippen LogP contribution in [0.15, 0.2) is 59.0 Å². The Morgan fingerprint density at radius 2 is 1.91 bits per heavy atom. The summed E-state index contributed by atoms with van der Waals surface area (Å²) in [5, 5.41) is 10.5. The highest BCUT2D eigenvalue weighted by atomic mass is 16.5. The van der Waals surface area contributed by atoms with Crippen LogP contribution < -0.4 is 15.1 Å². The minimum Gasteiger partial charge on any atom is -0.497 e. The van der Waals surface area contributed by atoms with Crippen LogP contribution in [0, 0.1) is 0 Å². The van der Waals surface area contributed by atoms with Crippen molar-refractivity contribution in [3.05, 3.63) is 60.0 Å². The number of carboxylic acids is 1. The molecule has 0 aliphatic heterocycles. The van der Waals surface area contributed by atoms with Gasteiger partial charge in [-0.2, -0.15) is 0 Å². The summed E-state index contributed by atoms with van der Waals surface area (Å²) in [6.45, 7) is -0.157. The summed E-state index contributed by atoms with van der Waals surface area (Å²) in [5.41, 5.74) is 1.57.